The normalized spacial score (nSPS) is 22.3. The van der Waals surface area contributed by atoms with Gasteiger partial charge < -0.3 is 34.5 Å². The first-order valence-electron chi connectivity index (χ1n) is 19.7. The van der Waals surface area contributed by atoms with Gasteiger partial charge in [-0.15, -0.1) is 6.58 Å². The lowest BCUT2D eigenvalue weighted by Gasteiger charge is -2.32. The van der Waals surface area contributed by atoms with Gasteiger partial charge in [0, 0.05) is 41.5 Å². The van der Waals surface area contributed by atoms with Gasteiger partial charge in [-0.25, -0.2) is 23.0 Å². The summed E-state index contributed by atoms with van der Waals surface area (Å²) in [5.74, 6) is -2.91. The number of nitrogens with zero attached hydrogens (tertiary/aromatic N) is 2. The minimum atomic E-state index is -3.97. The highest BCUT2D eigenvalue weighted by Gasteiger charge is 2.62. The number of rotatable bonds is 15. The number of carbonyl (C=O) groups excluding carboxylic acids is 5. The van der Waals surface area contributed by atoms with Crippen LogP contribution in [0.2, 0.25) is 0 Å². The Labute approximate surface area is 349 Å². The number of sulfonamides is 1. The van der Waals surface area contributed by atoms with Crippen LogP contribution in [0, 0.1) is 5.92 Å². The number of carbonyl (C=O) groups is 5. The van der Waals surface area contributed by atoms with E-state index in [9.17, 15) is 32.4 Å². The zero-order valence-corrected chi connectivity index (χ0v) is 35.2. The van der Waals surface area contributed by atoms with Gasteiger partial charge >= 0.3 is 12.1 Å². The quantitative estimate of drug-likeness (QED) is 0.111. The Morgan fingerprint density at radius 1 is 1.05 bits per heavy atom. The van der Waals surface area contributed by atoms with Crippen LogP contribution in [0.4, 0.5) is 4.79 Å². The average molecular weight is 846 g/mol. The van der Waals surface area contributed by atoms with Crippen molar-refractivity contribution in [1.82, 2.24) is 25.2 Å². The van der Waals surface area contributed by atoms with E-state index in [0.717, 1.165) is 11.6 Å². The maximum Gasteiger partial charge on any atom is 0.408 e. The maximum atomic E-state index is 14.8. The van der Waals surface area contributed by atoms with Crippen LogP contribution in [0.15, 0.2) is 79.4 Å². The van der Waals surface area contributed by atoms with Gasteiger partial charge in [0.05, 0.1) is 30.1 Å². The molecule has 6 rings (SSSR count). The lowest BCUT2D eigenvalue weighted by molar-refractivity contribution is -0.150. The van der Waals surface area contributed by atoms with Gasteiger partial charge in [-0.1, -0.05) is 42.5 Å². The number of benzene rings is 2. The Morgan fingerprint density at radius 2 is 1.77 bits per heavy atom. The predicted octanol–water partition coefficient (Wildman–Crippen LogP) is 4.33. The Balaban J connectivity index is 1.36. The number of allylic oxidation sites excluding steroid dienone is 1. The molecule has 17 heteroatoms. The highest BCUT2D eigenvalue weighted by atomic mass is 32.2. The van der Waals surface area contributed by atoms with E-state index >= 15 is 0 Å². The molecule has 4 amide bonds. The molecule has 3 N–H and O–H groups in total. The van der Waals surface area contributed by atoms with E-state index in [1.165, 1.54) is 24.0 Å². The number of aromatic nitrogens is 1. The molecule has 1 aliphatic heterocycles. The summed E-state index contributed by atoms with van der Waals surface area (Å²) >= 11 is 0. The van der Waals surface area contributed by atoms with Crippen LogP contribution in [0.1, 0.15) is 60.3 Å². The number of pyridine rings is 1. The second-order valence-corrected chi connectivity index (χ2v) is 18.1. The van der Waals surface area contributed by atoms with Gasteiger partial charge in [0.25, 0.3) is 5.91 Å². The molecule has 2 heterocycles. The Kier molecular flexibility index (Phi) is 12.6. The SMILES string of the molecule is C=C[C@@H]1C[C@]1(NC(=O)[C@@H]1C[C@@H](Oc2cc(-c3ccccc3)nc3cc(OC)ccc23)CN1C(=O)[C@@H](NC(=O)OC(C)(C)C)[C@@H](C)OC(=O)C=CC)C(=O)NS(=O)(=O)C1CC1. The molecule has 3 aliphatic rings. The fourth-order valence-electron chi connectivity index (χ4n) is 7.15. The summed E-state index contributed by atoms with van der Waals surface area (Å²) in [4.78, 5) is 74.7. The predicted molar refractivity (Wildman–Crippen MR) is 221 cm³/mol. The van der Waals surface area contributed by atoms with Crippen LogP contribution >= 0.6 is 0 Å². The molecule has 60 heavy (non-hydrogen) atoms. The van der Waals surface area contributed by atoms with Crippen molar-refractivity contribution < 1.29 is 51.3 Å². The molecule has 0 unspecified atom stereocenters. The first kappa shape index (κ1) is 43.6. The number of hydrogen-bond acceptors (Lipinski definition) is 12. The van der Waals surface area contributed by atoms with Crippen molar-refractivity contribution >= 4 is 50.7 Å². The van der Waals surface area contributed by atoms with E-state index in [1.54, 1.807) is 59.1 Å². The molecule has 6 atom stereocenters. The molecule has 0 radical (unpaired) electrons. The molecule has 3 fully saturated rings. The summed E-state index contributed by atoms with van der Waals surface area (Å²) in [6, 6.07) is 13.6. The van der Waals surface area contributed by atoms with Gasteiger partial charge in [-0.2, -0.15) is 0 Å². The van der Waals surface area contributed by atoms with Crippen molar-refractivity contribution in [2.24, 2.45) is 5.92 Å². The van der Waals surface area contributed by atoms with Gasteiger partial charge in [0.15, 0.2) is 0 Å². The third-order valence-electron chi connectivity index (χ3n) is 10.5. The number of fused-ring (bicyclic) bond motifs is 1. The fourth-order valence-corrected chi connectivity index (χ4v) is 8.51. The summed E-state index contributed by atoms with van der Waals surface area (Å²) in [5.41, 5.74) is -0.658. The Hall–Kier alpha value is -5.97. The van der Waals surface area contributed by atoms with Gasteiger partial charge in [0.2, 0.25) is 21.8 Å². The largest absolute Gasteiger partial charge is 0.497 e. The summed E-state index contributed by atoms with van der Waals surface area (Å²) in [6.07, 6.45) is 1.79. The number of alkyl carbamates (subject to hydrolysis) is 1. The Morgan fingerprint density at radius 3 is 2.38 bits per heavy atom. The van der Waals surface area contributed by atoms with Crippen LogP contribution in [-0.4, -0.2) is 102 Å². The first-order chi connectivity index (χ1) is 28.4. The zero-order valence-electron chi connectivity index (χ0n) is 34.4. The maximum absolute atomic E-state index is 14.8. The van der Waals surface area contributed by atoms with Crippen LogP contribution in [0.5, 0.6) is 11.5 Å². The number of hydrogen-bond donors (Lipinski definition) is 3. The molecule has 320 valence electrons. The summed E-state index contributed by atoms with van der Waals surface area (Å²) in [7, 11) is -2.43. The lowest BCUT2D eigenvalue weighted by atomic mass is 10.1. The highest BCUT2D eigenvalue weighted by Crippen LogP contribution is 2.45. The molecule has 0 spiro atoms. The topological polar surface area (TPSA) is 209 Å². The first-order valence-corrected chi connectivity index (χ1v) is 21.3. The van der Waals surface area contributed by atoms with Crippen molar-refractivity contribution in [3.8, 4) is 22.8 Å². The van der Waals surface area contributed by atoms with Crippen LogP contribution in [-0.2, 0) is 38.7 Å². The zero-order chi connectivity index (χ0) is 43.6. The van der Waals surface area contributed by atoms with Crippen molar-refractivity contribution in [2.75, 3.05) is 13.7 Å². The minimum Gasteiger partial charge on any atom is -0.497 e. The van der Waals surface area contributed by atoms with E-state index in [-0.39, 0.29) is 19.4 Å². The Bertz CT molecular complexity index is 2310. The molecule has 2 aromatic carbocycles. The summed E-state index contributed by atoms with van der Waals surface area (Å²) in [6.45, 7) is 11.5. The summed E-state index contributed by atoms with van der Waals surface area (Å²) in [5, 5.41) is 5.21. The third kappa shape index (κ3) is 9.89. The number of esters is 1. The van der Waals surface area contributed by atoms with E-state index in [2.05, 4.69) is 21.9 Å². The van der Waals surface area contributed by atoms with Crippen LogP contribution in [0.3, 0.4) is 0 Å². The molecule has 0 bridgehead atoms. The highest BCUT2D eigenvalue weighted by molar-refractivity contribution is 7.91. The van der Waals surface area contributed by atoms with Crippen molar-refractivity contribution in [3.63, 3.8) is 0 Å². The second-order valence-electron chi connectivity index (χ2n) is 16.2. The molecule has 1 aromatic heterocycles. The van der Waals surface area contributed by atoms with E-state index in [0.29, 0.717) is 40.9 Å². The van der Waals surface area contributed by atoms with Crippen LogP contribution in [0.25, 0.3) is 22.2 Å². The molecule has 3 aromatic rings. The van der Waals surface area contributed by atoms with Crippen molar-refractivity contribution in [1.29, 1.82) is 0 Å². The smallest absolute Gasteiger partial charge is 0.408 e. The standard InChI is InChI=1S/C43H51N5O11S/c1-8-13-36(49)57-25(3)37(45-41(53)59-42(4,5)6)39(51)48-24-29(21-34(48)38(50)46-43(23-27(43)9-2)40(52)47-60(54,55)30-17-18-30)58-35-22-32(26-14-11-10-12-15-26)44-33-20-28(56-7)16-19-31(33)35/h8-16,19-20,22,25,27,29-30,34,37H,2,17-18,21,23-24H2,1,3-7H3,(H,45,53)(H,46,50)(H,47,52)/t25-,27-,29-,34+,37+,43-/m1/s1. The number of amides is 4. The minimum absolute atomic E-state index is 0.0738. The number of nitrogens with one attached hydrogen (secondary N) is 3. The lowest BCUT2D eigenvalue weighted by Crippen LogP contribution is -2.60. The number of methoxy groups -OCH3 is 1. The fraction of sp³-hybridized carbons (Fsp3) is 0.442. The van der Waals surface area contributed by atoms with Crippen molar-refractivity contribution in [2.45, 2.75) is 101 Å². The van der Waals surface area contributed by atoms with E-state index < -0.39 is 86.4 Å². The van der Waals surface area contributed by atoms with Gasteiger partial charge in [0.1, 0.15) is 46.9 Å². The number of ether oxygens (including phenoxy) is 4. The van der Waals surface area contributed by atoms with Gasteiger partial charge in [-0.3, -0.25) is 19.1 Å². The molecular formula is C43H51N5O11S. The number of likely N-dealkylation sites (tertiary alicyclic amines) is 1. The second kappa shape index (κ2) is 17.3. The van der Waals surface area contributed by atoms with Gasteiger partial charge in [-0.05, 0) is 66.0 Å². The average Bonchev–Trinajstić information content (AvgIpc) is 4.12. The third-order valence-corrected chi connectivity index (χ3v) is 12.3. The monoisotopic (exact) mass is 845 g/mol. The van der Waals surface area contributed by atoms with Crippen LogP contribution < -0.4 is 24.8 Å². The van der Waals surface area contributed by atoms with E-state index in [1.807, 2.05) is 30.3 Å². The summed E-state index contributed by atoms with van der Waals surface area (Å²) < 4.78 is 50.9. The molecule has 1 saturated heterocycles. The molecule has 2 aliphatic carbocycles. The van der Waals surface area contributed by atoms with E-state index in [4.69, 9.17) is 23.9 Å². The molecule has 16 nitrogen and oxygen atoms in total. The van der Waals surface area contributed by atoms with Crippen molar-refractivity contribution in [3.05, 3.63) is 79.4 Å². The molecular weight excluding hydrogens is 795 g/mol. The molecule has 2 saturated carbocycles.